The van der Waals surface area contributed by atoms with Crippen molar-refractivity contribution in [3.8, 4) is 0 Å². The van der Waals surface area contributed by atoms with Crippen molar-refractivity contribution < 1.29 is 9.59 Å². The number of hydrogen-bond acceptors (Lipinski definition) is 5. The minimum absolute atomic E-state index is 0.0527. The van der Waals surface area contributed by atoms with Gasteiger partial charge in [-0.3, -0.25) is 14.5 Å². The molecule has 7 heteroatoms. The largest absolute Gasteiger partial charge is 0.334 e. The molecule has 6 nitrogen and oxygen atoms in total. The van der Waals surface area contributed by atoms with Gasteiger partial charge in [0.15, 0.2) is 5.17 Å². The molecule has 0 aliphatic carbocycles. The van der Waals surface area contributed by atoms with E-state index < -0.39 is 5.25 Å². The number of nitrogens with one attached hydrogen (secondary N) is 1. The molecule has 1 saturated heterocycles. The van der Waals surface area contributed by atoms with Crippen LogP contribution in [-0.2, 0) is 9.59 Å². The summed E-state index contributed by atoms with van der Waals surface area (Å²) in [7, 11) is 0. The normalized spacial score (nSPS) is 18.3. The highest BCUT2D eigenvalue weighted by Crippen LogP contribution is 2.33. The summed E-state index contributed by atoms with van der Waals surface area (Å²) in [5, 5.41) is 3.22. The maximum atomic E-state index is 13.0. The van der Waals surface area contributed by atoms with Crippen molar-refractivity contribution in [1.82, 2.24) is 4.90 Å². The molecule has 2 aliphatic heterocycles. The summed E-state index contributed by atoms with van der Waals surface area (Å²) in [6.45, 7) is 9.12. The maximum Gasteiger partial charge on any atom is 0.244 e. The van der Waals surface area contributed by atoms with Crippen molar-refractivity contribution in [2.24, 2.45) is 4.99 Å². The molecular formula is C23H26N4O2S. The van der Waals surface area contributed by atoms with Crippen LogP contribution in [0.2, 0.25) is 0 Å². The molecule has 0 unspecified atom stereocenters. The molecule has 2 amide bonds. The van der Waals surface area contributed by atoms with Crippen LogP contribution in [0.1, 0.15) is 28.7 Å². The summed E-state index contributed by atoms with van der Waals surface area (Å²) in [6.07, 6.45) is 0.135. The third-order valence-corrected chi connectivity index (χ3v) is 6.80. The van der Waals surface area contributed by atoms with Crippen LogP contribution >= 0.6 is 11.8 Å². The zero-order chi connectivity index (χ0) is 21.4. The molecule has 0 bridgehead atoms. The summed E-state index contributed by atoms with van der Waals surface area (Å²) in [5.74, 6) is -0.206. The van der Waals surface area contributed by atoms with Crippen LogP contribution in [0, 0.1) is 27.7 Å². The molecule has 1 N–H and O–H groups in total. The number of anilines is 2. The van der Waals surface area contributed by atoms with Crippen LogP contribution in [-0.4, -0.2) is 40.5 Å². The predicted octanol–water partition coefficient (Wildman–Crippen LogP) is 3.98. The van der Waals surface area contributed by atoms with Crippen LogP contribution in [0.3, 0.4) is 0 Å². The molecule has 156 valence electrons. The Morgan fingerprint density at radius 1 is 1.10 bits per heavy atom. The van der Waals surface area contributed by atoms with Gasteiger partial charge in [-0.2, -0.15) is 0 Å². The molecule has 30 heavy (non-hydrogen) atoms. The Morgan fingerprint density at radius 3 is 2.63 bits per heavy atom. The van der Waals surface area contributed by atoms with E-state index in [1.54, 1.807) is 4.90 Å². The van der Waals surface area contributed by atoms with E-state index >= 15 is 0 Å². The number of thioether (sulfide) groups is 1. The van der Waals surface area contributed by atoms with E-state index in [4.69, 9.17) is 0 Å². The number of hydrogen-bond donors (Lipinski definition) is 1. The lowest BCUT2D eigenvalue weighted by Gasteiger charge is -2.32. The molecule has 1 fully saturated rings. The third kappa shape index (κ3) is 4.07. The monoisotopic (exact) mass is 422 g/mol. The van der Waals surface area contributed by atoms with Gasteiger partial charge in [-0.05, 0) is 62.6 Å². The van der Waals surface area contributed by atoms with Gasteiger partial charge >= 0.3 is 0 Å². The van der Waals surface area contributed by atoms with Crippen molar-refractivity contribution in [2.75, 3.05) is 23.6 Å². The highest BCUT2D eigenvalue weighted by molar-refractivity contribution is 8.15. The van der Waals surface area contributed by atoms with Crippen LogP contribution in [0.4, 0.5) is 11.4 Å². The third-order valence-electron chi connectivity index (χ3n) is 5.59. The van der Waals surface area contributed by atoms with E-state index in [0.29, 0.717) is 18.5 Å². The van der Waals surface area contributed by atoms with E-state index in [2.05, 4.69) is 47.3 Å². The molecule has 2 aliphatic rings. The van der Waals surface area contributed by atoms with Crippen molar-refractivity contribution >= 4 is 40.1 Å². The smallest absolute Gasteiger partial charge is 0.244 e. The van der Waals surface area contributed by atoms with Gasteiger partial charge in [-0.1, -0.05) is 35.5 Å². The fourth-order valence-electron chi connectivity index (χ4n) is 3.66. The molecule has 0 radical (unpaired) electrons. The fraction of sp³-hybridized carbons (Fsp3) is 0.348. The summed E-state index contributed by atoms with van der Waals surface area (Å²) in [6, 6.07) is 12.2. The first-order valence-corrected chi connectivity index (χ1v) is 10.9. The van der Waals surface area contributed by atoms with Crippen LogP contribution in [0.5, 0.6) is 0 Å². The number of carbonyl (C=O) groups excluding carboxylic acids is 2. The minimum atomic E-state index is -0.436. The van der Waals surface area contributed by atoms with Gasteiger partial charge in [-0.15, -0.1) is 0 Å². The Balaban J connectivity index is 1.41. The Kier molecular flexibility index (Phi) is 5.56. The Bertz CT molecular complexity index is 1050. The van der Waals surface area contributed by atoms with Gasteiger partial charge in [0, 0.05) is 17.8 Å². The van der Waals surface area contributed by atoms with E-state index in [0.717, 1.165) is 22.5 Å². The second kappa shape index (κ2) is 8.14. The zero-order valence-electron chi connectivity index (χ0n) is 17.7. The van der Waals surface area contributed by atoms with Gasteiger partial charge in [0.05, 0.1) is 0 Å². The molecule has 2 aromatic rings. The second-order valence-corrected chi connectivity index (χ2v) is 9.15. The Morgan fingerprint density at radius 2 is 1.90 bits per heavy atom. The van der Waals surface area contributed by atoms with E-state index in [1.807, 2.05) is 32.0 Å². The number of benzene rings is 2. The molecule has 2 heterocycles. The SMILES string of the molecule is Cc1ccc(NC(=O)C[C@@H]2SC3=NCN(c4ccc(C)c(C)c4)CN3C2=O)c(C)c1. The molecule has 0 saturated carbocycles. The van der Waals surface area contributed by atoms with Gasteiger partial charge in [0.1, 0.15) is 18.6 Å². The number of aliphatic imine (C=N–C) groups is 1. The van der Waals surface area contributed by atoms with Crippen LogP contribution in [0.25, 0.3) is 0 Å². The first-order valence-electron chi connectivity index (χ1n) is 10.0. The lowest BCUT2D eigenvalue weighted by Crippen LogP contribution is -2.46. The lowest BCUT2D eigenvalue weighted by molar-refractivity contribution is -0.128. The van der Waals surface area contributed by atoms with Crippen LogP contribution < -0.4 is 10.2 Å². The number of fused-ring (bicyclic) bond motifs is 1. The Labute approximate surface area is 181 Å². The van der Waals surface area contributed by atoms with Crippen LogP contribution in [0.15, 0.2) is 41.4 Å². The predicted molar refractivity (Wildman–Crippen MR) is 123 cm³/mol. The number of amidine groups is 1. The molecule has 0 aromatic heterocycles. The molecule has 2 aromatic carbocycles. The number of nitrogens with zero attached hydrogens (tertiary/aromatic N) is 3. The average Bonchev–Trinajstić information content (AvgIpc) is 3.01. The number of carbonyl (C=O) groups is 2. The summed E-state index contributed by atoms with van der Waals surface area (Å²) < 4.78 is 0. The number of amides is 2. The van der Waals surface area contributed by atoms with Gasteiger partial charge in [0.2, 0.25) is 11.8 Å². The summed E-state index contributed by atoms with van der Waals surface area (Å²) in [4.78, 5) is 33.9. The van der Waals surface area contributed by atoms with Crippen molar-refractivity contribution in [1.29, 1.82) is 0 Å². The van der Waals surface area contributed by atoms with Gasteiger partial charge < -0.3 is 10.2 Å². The molecular weight excluding hydrogens is 396 g/mol. The quantitative estimate of drug-likeness (QED) is 0.809. The zero-order valence-corrected chi connectivity index (χ0v) is 18.5. The fourth-order valence-corrected chi connectivity index (χ4v) is 4.79. The highest BCUT2D eigenvalue weighted by Gasteiger charge is 2.41. The number of rotatable bonds is 4. The first kappa shape index (κ1) is 20.5. The second-order valence-electron chi connectivity index (χ2n) is 7.98. The van der Waals surface area contributed by atoms with E-state index in [1.165, 1.54) is 22.9 Å². The standard InChI is InChI=1S/C23H26N4O2S/c1-14-5-8-19(17(4)9-14)25-21(28)11-20-22(29)27-13-26(12-24-23(27)30-20)18-7-6-15(2)16(3)10-18/h5-10,20H,11-13H2,1-4H3,(H,25,28)/t20-/m0/s1. The molecule has 4 rings (SSSR count). The van der Waals surface area contributed by atoms with Crippen molar-refractivity contribution in [3.05, 3.63) is 58.7 Å². The number of aryl methyl sites for hydroxylation is 4. The Hall–Kier alpha value is -2.80. The average molecular weight is 423 g/mol. The molecule has 1 atom stereocenters. The lowest BCUT2D eigenvalue weighted by atomic mass is 10.1. The summed E-state index contributed by atoms with van der Waals surface area (Å²) >= 11 is 1.39. The van der Waals surface area contributed by atoms with Gasteiger partial charge in [-0.25, -0.2) is 4.99 Å². The van der Waals surface area contributed by atoms with Crippen molar-refractivity contribution in [3.63, 3.8) is 0 Å². The van der Waals surface area contributed by atoms with E-state index in [-0.39, 0.29) is 18.2 Å². The minimum Gasteiger partial charge on any atom is -0.334 e. The van der Waals surface area contributed by atoms with Crippen molar-refractivity contribution in [2.45, 2.75) is 39.4 Å². The summed E-state index contributed by atoms with van der Waals surface area (Å²) in [5.41, 5.74) is 6.45. The van der Waals surface area contributed by atoms with Gasteiger partial charge in [0.25, 0.3) is 0 Å². The maximum absolute atomic E-state index is 13.0. The first-order chi connectivity index (χ1) is 14.3. The molecule has 0 spiro atoms. The van der Waals surface area contributed by atoms with E-state index in [9.17, 15) is 9.59 Å². The topological polar surface area (TPSA) is 65.0 Å². The highest BCUT2D eigenvalue weighted by atomic mass is 32.2.